The molecule has 0 bridgehead atoms. The summed E-state index contributed by atoms with van der Waals surface area (Å²) < 4.78 is 0.793. The Balaban J connectivity index is 1.66. The molecule has 23 heavy (non-hydrogen) atoms. The molecule has 0 atom stereocenters. The Morgan fingerprint density at radius 3 is 2.74 bits per heavy atom. The van der Waals surface area contributed by atoms with E-state index in [2.05, 4.69) is 20.8 Å². The average Bonchev–Trinajstić information content (AvgIpc) is 2.94. The normalized spacial score (nSPS) is 10.8. The molecule has 1 amide bonds. The minimum atomic E-state index is -0.00228. The Bertz CT molecular complexity index is 631. The molecule has 0 radical (unpaired) electrons. The van der Waals surface area contributed by atoms with E-state index < -0.39 is 0 Å². The van der Waals surface area contributed by atoms with Crippen molar-refractivity contribution < 1.29 is 4.79 Å². The van der Waals surface area contributed by atoms with Gasteiger partial charge in [-0.15, -0.1) is 10.2 Å². The summed E-state index contributed by atoms with van der Waals surface area (Å²) in [6.07, 6.45) is 0.787. The van der Waals surface area contributed by atoms with E-state index >= 15 is 0 Å². The Labute approximate surface area is 149 Å². The molecule has 1 aromatic carbocycles. The molecule has 0 saturated heterocycles. The first-order valence-corrected chi connectivity index (χ1v) is 9.45. The van der Waals surface area contributed by atoms with Gasteiger partial charge >= 0.3 is 0 Å². The van der Waals surface area contributed by atoms with Crippen LogP contribution in [0, 0.1) is 0 Å². The highest BCUT2D eigenvalue weighted by Gasteiger charge is 2.08. The number of nitrogens with one attached hydrogen (secondary N) is 2. The molecule has 0 aliphatic heterocycles. The van der Waals surface area contributed by atoms with Crippen molar-refractivity contribution in [1.82, 2.24) is 15.5 Å². The van der Waals surface area contributed by atoms with E-state index in [4.69, 9.17) is 11.6 Å². The summed E-state index contributed by atoms with van der Waals surface area (Å²) >= 11 is 8.70. The smallest absolute Gasteiger partial charge is 0.230 e. The number of benzene rings is 1. The minimum Gasteiger partial charge on any atom is -0.358 e. The van der Waals surface area contributed by atoms with Gasteiger partial charge in [-0.3, -0.25) is 4.79 Å². The molecule has 0 saturated carbocycles. The van der Waals surface area contributed by atoms with Gasteiger partial charge in [-0.1, -0.05) is 46.8 Å². The maximum absolute atomic E-state index is 11.8. The zero-order chi connectivity index (χ0) is 16.7. The first-order valence-electron chi connectivity index (χ1n) is 7.27. The van der Waals surface area contributed by atoms with E-state index in [1.165, 1.54) is 23.1 Å². The van der Waals surface area contributed by atoms with Crippen molar-refractivity contribution in [2.24, 2.45) is 0 Å². The first-order chi connectivity index (χ1) is 11.0. The van der Waals surface area contributed by atoms with Gasteiger partial charge in [-0.05, 0) is 38.0 Å². The van der Waals surface area contributed by atoms with Crippen LogP contribution in [0.3, 0.4) is 0 Å². The summed E-state index contributed by atoms with van der Waals surface area (Å²) in [5, 5.41) is 15.7. The van der Waals surface area contributed by atoms with Crippen molar-refractivity contribution in [1.29, 1.82) is 0 Å². The third-order valence-corrected chi connectivity index (χ3v) is 5.03. The highest BCUT2D eigenvalue weighted by atomic mass is 35.5. The van der Waals surface area contributed by atoms with Gasteiger partial charge in [-0.2, -0.15) is 0 Å². The fourth-order valence-corrected chi connectivity index (χ4v) is 3.60. The number of hydrogen-bond donors (Lipinski definition) is 2. The number of halogens is 1. The molecule has 8 heteroatoms. The van der Waals surface area contributed by atoms with E-state index in [1.807, 2.05) is 38.1 Å². The maximum Gasteiger partial charge on any atom is 0.230 e. The Morgan fingerprint density at radius 2 is 2.04 bits per heavy atom. The number of thioether (sulfide) groups is 1. The molecule has 2 aromatic rings. The van der Waals surface area contributed by atoms with Crippen molar-refractivity contribution in [2.45, 2.75) is 30.6 Å². The van der Waals surface area contributed by atoms with Gasteiger partial charge in [0.2, 0.25) is 11.0 Å². The van der Waals surface area contributed by atoms with E-state index in [1.54, 1.807) is 0 Å². The monoisotopic (exact) mass is 370 g/mol. The SMILES string of the molecule is CC(C)Nc1nnc(SCC(=O)NCCc2ccc(Cl)cc2)s1. The summed E-state index contributed by atoms with van der Waals surface area (Å²) in [6, 6.07) is 7.96. The quantitative estimate of drug-likeness (QED) is 0.696. The van der Waals surface area contributed by atoms with Crippen molar-refractivity contribution in [2.75, 3.05) is 17.6 Å². The van der Waals surface area contributed by atoms with Gasteiger partial charge in [0, 0.05) is 17.6 Å². The lowest BCUT2D eigenvalue weighted by atomic mass is 10.1. The number of hydrogen-bond acceptors (Lipinski definition) is 6. The highest BCUT2D eigenvalue weighted by molar-refractivity contribution is 8.01. The number of aromatic nitrogens is 2. The van der Waals surface area contributed by atoms with Crippen molar-refractivity contribution in [3.8, 4) is 0 Å². The second-order valence-corrected chi connectivity index (χ2v) is 7.82. The van der Waals surface area contributed by atoms with Crippen LogP contribution in [0.5, 0.6) is 0 Å². The molecule has 0 spiro atoms. The maximum atomic E-state index is 11.8. The summed E-state index contributed by atoms with van der Waals surface area (Å²) in [5.74, 6) is 0.342. The molecule has 1 heterocycles. The Kier molecular flexibility index (Phi) is 7.14. The van der Waals surface area contributed by atoms with E-state index in [0.29, 0.717) is 18.3 Å². The summed E-state index contributed by atoms with van der Waals surface area (Å²) in [6.45, 7) is 4.70. The van der Waals surface area contributed by atoms with E-state index in [-0.39, 0.29) is 5.91 Å². The van der Waals surface area contributed by atoms with Crippen LogP contribution >= 0.6 is 34.7 Å². The molecule has 124 valence electrons. The van der Waals surface area contributed by atoms with E-state index in [9.17, 15) is 4.79 Å². The van der Waals surface area contributed by atoms with Crippen molar-refractivity contribution in [3.63, 3.8) is 0 Å². The zero-order valence-corrected chi connectivity index (χ0v) is 15.4. The van der Waals surface area contributed by atoms with Crippen LogP contribution in [0.2, 0.25) is 5.02 Å². The molecule has 0 fully saturated rings. The van der Waals surface area contributed by atoms with Crippen molar-refractivity contribution >= 4 is 45.7 Å². The number of nitrogens with zero attached hydrogens (tertiary/aromatic N) is 2. The lowest BCUT2D eigenvalue weighted by Crippen LogP contribution is -2.27. The van der Waals surface area contributed by atoms with Gasteiger partial charge in [0.05, 0.1) is 5.75 Å². The zero-order valence-electron chi connectivity index (χ0n) is 13.0. The van der Waals surface area contributed by atoms with Gasteiger partial charge in [0.15, 0.2) is 4.34 Å². The van der Waals surface area contributed by atoms with Gasteiger partial charge in [0.25, 0.3) is 0 Å². The molecule has 5 nitrogen and oxygen atoms in total. The number of carbonyl (C=O) groups excluding carboxylic acids is 1. The highest BCUT2D eigenvalue weighted by Crippen LogP contribution is 2.25. The standard InChI is InChI=1S/C15H19ClN4OS2/c1-10(2)18-14-19-20-15(23-14)22-9-13(21)17-8-7-11-3-5-12(16)6-4-11/h3-6,10H,7-9H2,1-2H3,(H,17,21)(H,18,19). The molecule has 0 aliphatic rings. The predicted octanol–water partition coefficient (Wildman–Crippen LogP) is 3.46. The van der Waals surface area contributed by atoms with Crippen LogP contribution in [-0.4, -0.2) is 34.4 Å². The molecule has 1 aromatic heterocycles. The first kappa shape index (κ1) is 18.0. The van der Waals surface area contributed by atoms with Crippen LogP contribution in [0.1, 0.15) is 19.4 Å². The molecular formula is C15H19ClN4OS2. The fourth-order valence-electron chi connectivity index (χ4n) is 1.75. The molecule has 0 aliphatic carbocycles. The molecule has 0 unspecified atom stereocenters. The van der Waals surface area contributed by atoms with Gasteiger partial charge < -0.3 is 10.6 Å². The summed E-state index contributed by atoms with van der Waals surface area (Å²) in [4.78, 5) is 11.8. The lowest BCUT2D eigenvalue weighted by Gasteiger charge is -2.04. The fraction of sp³-hybridized carbons (Fsp3) is 0.400. The summed E-state index contributed by atoms with van der Waals surface area (Å²) in [5.41, 5.74) is 1.15. The average molecular weight is 371 g/mol. The lowest BCUT2D eigenvalue weighted by molar-refractivity contribution is -0.118. The molecular weight excluding hydrogens is 352 g/mol. The van der Waals surface area contributed by atoms with Gasteiger partial charge in [-0.25, -0.2) is 0 Å². The Morgan fingerprint density at radius 1 is 1.30 bits per heavy atom. The molecule has 2 N–H and O–H groups in total. The van der Waals surface area contributed by atoms with E-state index in [0.717, 1.165) is 26.5 Å². The number of amides is 1. The van der Waals surface area contributed by atoms with Crippen LogP contribution in [0.15, 0.2) is 28.6 Å². The topological polar surface area (TPSA) is 66.9 Å². The second-order valence-electron chi connectivity index (χ2n) is 5.19. The largest absolute Gasteiger partial charge is 0.358 e. The van der Waals surface area contributed by atoms with Crippen LogP contribution in [0.4, 0.5) is 5.13 Å². The minimum absolute atomic E-state index is 0.00228. The van der Waals surface area contributed by atoms with Crippen LogP contribution in [0.25, 0.3) is 0 Å². The number of rotatable bonds is 8. The third kappa shape index (κ3) is 6.76. The number of anilines is 1. The number of carbonyl (C=O) groups is 1. The second kappa shape index (κ2) is 9.10. The van der Waals surface area contributed by atoms with Gasteiger partial charge in [0.1, 0.15) is 0 Å². The van der Waals surface area contributed by atoms with Crippen molar-refractivity contribution in [3.05, 3.63) is 34.9 Å². The predicted molar refractivity (Wildman–Crippen MR) is 97.6 cm³/mol. The molecule has 2 rings (SSSR count). The summed E-state index contributed by atoms with van der Waals surface area (Å²) in [7, 11) is 0. The van der Waals surface area contributed by atoms with Crippen LogP contribution in [-0.2, 0) is 11.2 Å². The Hall–Kier alpha value is -1.31. The third-order valence-electron chi connectivity index (χ3n) is 2.79. The van der Waals surface area contributed by atoms with Crippen LogP contribution < -0.4 is 10.6 Å².